The van der Waals surface area contributed by atoms with Gasteiger partial charge in [0.2, 0.25) is 0 Å². The third kappa shape index (κ3) is 3.67. The van der Waals surface area contributed by atoms with Crippen molar-refractivity contribution in [1.82, 2.24) is 4.90 Å². The molecular formula is C18H25NO4. The van der Waals surface area contributed by atoms with E-state index in [4.69, 9.17) is 14.6 Å². The van der Waals surface area contributed by atoms with Crippen molar-refractivity contribution in [3.8, 4) is 0 Å². The number of piperidine rings is 1. The fourth-order valence-corrected chi connectivity index (χ4v) is 3.80. The smallest absolute Gasteiger partial charge is 0.407 e. The summed E-state index contributed by atoms with van der Waals surface area (Å²) < 4.78 is 12.4. The molecular weight excluding hydrogens is 294 g/mol. The fourth-order valence-electron chi connectivity index (χ4n) is 3.80. The molecule has 126 valence electrons. The van der Waals surface area contributed by atoms with E-state index in [9.17, 15) is 4.79 Å². The standard InChI is InChI=1S/C18H25NO4/c1-2-22-15-12-16(14-6-4-3-5-7-14)23-18(13-15)8-10-19(11-9-18)17(20)21/h3-7,15-16H,2,8-13H2,1H3,(H,20,21)/t15-,16-/m0/s1. The lowest BCUT2D eigenvalue weighted by atomic mass is 9.81. The number of nitrogens with zero attached hydrogens (tertiary/aromatic N) is 1. The van der Waals surface area contributed by atoms with Crippen molar-refractivity contribution >= 4 is 6.09 Å². The summed E-state index contributed by atoms with van der Waals surface area (Å²) >= 11 is 0. The molecule has 2 aliphatic heterocycles. The number of ether oxygens (including phenoxy) is 2. The van der Waals surface area contributed by atoms with Crippen molar-refractivity contribution in [1.29, 1.82) is 0 Å². The Morgan fingerprint density at radius 2 is 2.04 bits per heavy atom. The fraction of sp³-hybridized carbons (Fsp3) is 0.611. The topological polar surface area (TPSA) is 59.0 Å². The summed E-state index contributed by atoms with van der Waals surface area (Å²) in [5, 5.41) is 9.15. The van der Waals surface area contributed by atoms with Crippen LogP contribution in [0.3, 0.4) is 0 Å². The van der Waals surface area contributed by atoms with Gasteiger partial charge in [-0.25, -0.2) is 4.79 Å². The first-order valence-electron chi connectivity index (χ1n) is 8.44. The average molecular weight is 319 g/mol. The third-order valence-electron chi connectivity index (χ3n) is 4.99. The first-order valence-corrected chi connectivity index (χ1v) is 8.44. The molecule has 0 bridgehead atoms. The lowest BCUT2D eigenvalue weighted by Gasteiger charge is -2.48. The number of benzene rings is 1. The minimum atomic E-state index is -0.836. The van der Waals surface area contributed by atoms with Crippen LogP contribution in [0.5, 0.6) is 0 Å². The molecule has 0 unspecified atom stereocenters. The molecule has 1 spiro atoms. The Balaban J connectivity index is 1.76. The van der Waals surface area contributed by atoms with Gasteiger partial charge in [0.1, 0.15) is 0 Å². The molecule has 23 heavy (non-hydrogen) atoms. The highest BCUT2D eigenvalue weighted by molar-refractivity contribution is 5.65. The summed E-state index contributed by atoms with van der Waals surface area (Å²) in [7, 11) is 0. The second-order valence-corrected chi connectivity index (χ2v) is 6.49. The monoisotopic (exact) mass is 319 g/mol. The van der Waals surface area contributed by atoms with Crippen LogP contribution in [-0.4, -0.2) is 47.5 Å². The van der Waals surface area contributed by atoms with E-state index in [1.54, 1.807) is 0 Å². The summed E-state index contributed by atoms with van der Waals surface area (Å²) in [6.45, 7) is 3.79. The summed E-state index contributed by atoms with van der Waals surface area (Å²) in [5.74, 6) is 0. The first kappa shape index (κ1) is 16.3. The lowest BCUT2D eigenvalue weighted by Crippen LogP contribution is -2.52. The zero-order chi connectivity index (χ0) is 16.3. The molecule has 1 aromatic carbocycles. The molecule has 2 atom stereocenters. The molecule has 1 N–H and O–H groups in total. The van der Waals surface area contributed by atoms with Crippen LogP contribution >= 0.6 is 0 Å². The number of rotatable bonds is 3. The molecule has 1 aromatic rings. The molecule has 2 saturated heterocycles. The molecule has 1 amide bonds. The number of hydrogen-bond donors (Lipinski definition) is 1. The average Bonchev–Trinajstić information content (AvgIpc) is 2.56. The molecule has 0 saturated carbocycles. The Labute approximate surface area is 137 Å². The minimum Gasteiger partial charge on any atom is -0.465 e. The maximum Gasteiger partial charge on any atom is 0.407 e. The molecule has 5 heteroatoms. The first-order chi connectivity index (χ1) is 11.1. The highest BCUT2D eigenvalue weighted by atomic mass is 16.5. The number of carboxylic acid groups (broad SMARTS) is 1. The number of hydrogen-bond acceptors (Lipinski definition) is 3. The van der Waals surface area contributed by atoms with Crippen LogP contribution in [0.4, 0.5) is 4.79 Å². The van der Waals surface area contributed by atoms with Crippen LogP contribution in [0.1, 0.15) is 44.3 Å². The molecule has 0 aliphatic carbocycles. The van der Waals surface area contributed by atoms with Gasteiger partial charge >= 0.3 is 6.09 Å². The van der Waals surface area contributed by atoms with Crippen LogP contribution in [0.2, 0.25) is 0 Å². The van der Waals surface area contributed by atoms with Gasteiger partial charge < -0.3 is 19.5 Å². The number of likely N-dealkylation sites (tertiary alicyclic amines) is 1. The lowest BCUT2D eigenvalue weighted by molar-refractivity contribution is -0.191. The van der Waals surface area contributed by atoms with E-state index >= 15 is 0 Å². The molecule has 0 radical (unpaired) electrons. The van der Waals surface area contributed by atoms with E-state index in [-0.39, 0.29) is 17.8 Å². The van der Waals surface area contributed by atoms with Gasteiger partial charge in [-0.2, -0.15) is 0 Å². The second kappa shape index (κ2) is 6.89. The van der Waals surface area contributed by atoms with Gasteiger partial charge in [-0.15, -0.1) is 0 Å². The Kier molecular flexibility index (Phi) is 4.87. The Hall–Kier alpha value is -1.59. The molecule has 3 rings (SSSR count). The van der Waals surface area contributed by atoms with Gasteiger partial charge in [0.15, 0.2) is 0 Å². The molecule has 2 fully saturated rings. The molecule has 2 heterocycles. The van der Waals surface area contributed by atoms with Crippen LogP contribution in [0.25, 0.3) is 0 Å². The van der Waals surface area contributed by atoms with E-state index in [0.29, 0.717) is 19.7 Å². The largest absolute Gasteiger partial charge is 0.465 e. The van der Waals surface area contributed by atoms with Gasteiger partial charge in [0.05, 0.1) is 17.8 Å². The molecule has 2 aliphatic rings. The van der Waals surface area contributed by atoms with Gasteiger partial charge in [-0.1, -0.05) is 30.3 Å². The van der Waals surface area contributed by atoms with Crippen molar-refractivity contribution in [2.24, 2.45) is 0 Å². The van der Waals surface area contributed by atoms with Crippen LogP contribution in [-0.2, 0) is 9.47 Å². The SMILES string of the molecule is CCO[C@H]1C[C@@H](c2ccccc2)OC2(CCN(C(=O)O)CC2)C1. The number of carbonyl (C=O) groups is 1. The summed E-state index contributed by atoms with van der Waals surface area (Å²) in [6.07, 6.45) is 2.57. The number of amides is 1. The van der Waals surface area contributed by atoms with Gasteiger partial charge in [0, 0.05) is 32.5 Å². The van der Waals surface area contributed by atoms with E-state index in [0.717, 1.165) is 25.7 Å². The predicted molar refractivity (Wildman–Crippen MR) is 86.5 cm³/mol. The van der Waals surface area contributed by atoms with Crippen molar-refractivity contribution in [3.05, 3.63) is 35.9 Å². The van der Waals surface area contributed by atoms with Crippen molar-refractivity contribution in [3.63, 3.8) is 0 Å². The highest BCUT2D eigenvalue weighted by Crippen LogP contribution is 2.43. The van der Waals surface area contributed by atoms with Crippen LogP contribution in [0, 0.1) is 0 Å². The highest BCUT2D eigenvalue weighted by Gasteiger charge is 2.45. The Morgan fingerprint density at radius 3 is 2.65 bits per heavy atom. The van der Waals surface area contributed by atoms with Crippen molar-refractivity contribution in [2.45, 2.75) is 50.4 Å². The zero-order valence-corrected chi connectivity index (χ0v) is 13.6. The van der Waals surface area contributed by atoms with E-state index in [1.165, 1.54) is 10.5 Å². The van der Waals surface area contributed by atoms with Crippen LogP contribution < -0.4 is 0 Å². The van der Waals surface area contributed by atoms with Gasteiger partial charge in [-0.05, 0) is 25.3 Å². The van der Waals surface area contributed by atoms with E-state index in [2.05, 4.69) is 12.1 Å². The van der Waals surface area contributed by atoms with E-state index in [1.807, 2.05) is 25.1 Å². The minimum absolute atomic E-state index is 0.0258. The summed E-state index contributed by atoms with van der Waals surface area (Å²) in [5.41, 5.74) is 0.918. The molecule has 0 aromatic heterocycles. The van der Waals surface area contributed by atoms with Crippen molar-refractivity contribution < 1.29 is 19.4 Å². The Bertz CT molecular complexity index is 525. The quantitative estimate of drug-likeness (QED) is 0.927. The maximum absolute atomic E-state index is 11.1. The van der Waals surface area contributed by atoms with Gasteiger partial charge in [-0.3, -0.25) is 0 Å². The van der Waals surface area contributed by atoms with Crippen LogP contribution in [0.15, 0.2) is 30.3 Å². The second-order valence-electron chi connectivity index (χ2n) is 6.49. The van der Waals surface area contributed by atoms with Gasteiger partial charge in [0.25, 0.3) is 0 Å². The van der Waals surface area contributed by atoms with Crippen molar-refractivity contribution in [2.75, 3.05) is 19.7 Å². The summed E-state index contributed by atoms with van der Waals surface area (Å²) in [6, 6.07) is 10.3. The predicted octanol–water partition coefficient (Wildman–Crippen LogP) is 3.46. The molecule has 5 nitrogen and oxygen atoms in total. The normalized spacial score (nSPS) is 27.1. The zero-order valence-electron chi connectivity index (χ0n) is 13.6. The third-order valence-corrected chi connectivity index (χ3v) is 4.99. The van der Waals surface area contributed by atoms with E-state index < -0.39 is 6.09 Å². The Morgan fingerprint density at radius 1 is 1.35 bits per heavy atom. The maximum atomic E-state index is 11.1. The summed E-state index contributed by atoms with van der Waals surface area (Å²) in [4.78, 5) is 12.6.